The van der Waals surface area contributed by atoms with Crippen molar-refractivity contribution in [3.8, 4) is 11.4 Å². The van der Waals surface area contributed by atoms with Crippen LogP contribution in [0.15, 0.2) is 29.4 Å². The van der Waals surface area contributed by atoms with Gasteiger partial charge in [-0.1, -0.05) is 23.1 Å². The number of benzene rings is 1. The van der Waals surface area contributed by atoms with E-state index in [9.17, 15) is 14.0 Å². The molecule has 2 heterocycles. The van der Waals surface area contributed by atoms with Crippen LogP contribution < -0.4 is 5.32 Å². The summed E-state index contributed by atoms with van der Waals surface area (Å²) in [6.07, 6.45) is 0. The van der Waals surface area contributed by atoms with E-state index in [1.807, 2.05) is 11.5 Å². The van der Waals surface area contributed by atoms with Crippen molar-refractivity contribution < 1.29 is 18.7 Å². The molecular weight excluding hydrogens is 429 g/mol. The molecule has 0 aliphatic carbocycles. The summed E-state index contributed by atoms with van der Waals surface area (Å²) in [5.74, 6) is -0.356. The molecule has 3 aromatic rings. The summed E-state index contributed by atoms with van der Waals surface area (Å²) < 4.78 is 20.0. The van der Waals surface area contributed by atoms with Crippen LogP contribution in [0, 0.1) is 12.7 Å². The van der Waals surface area contributed by atoms with Crippen LogP contribution in [0.5, 0.6) is 0 Å². The van der Waals surface area contributed by atoms with E-state index >= 15 is 0 Å². The number of ether oxygens (including phenoxy) is 1. The summed E-state index contributed by atoms with van der Waals surface area (Å²) in [5.41, 5.74) is 1.25. The van der Waals surface area contributed by atoms with Crippen molar-refractivity contribution in [3.05, 3.63) is 40.7 Å². The summed E-state index contributed by atoms with van der Waals surface area (Å²) >= 11 is 2.31. The summed E-state index contributed by atoms with van der Waals surface area (Å²) in [4.78, 5) is 28.8. The minimum absolute atomic E-state index is 0.0922. The zero-order valence-corrected chi connectivity index (χ0v) is 18.3. The second-order valence-corrected chi connectivity index (χ2v) is 7.99. The Kier molecular flexibility index (Phi) is 7.16. The number of anilines is 1. The molecule has 0 aliphatic heterocycles. The molecule has 0 saturated carbocycles. The fourth-order valence-electron chi connectivity index (χ4n) is 2.61. The van der Waals surface area contributed by atoms with Crippen LogP contribution in [0.3, 0.4) is 0 Å². The minimum Gasteiger partial charge on any atom is -0.462 e. The monoisotopic (exact) mass is 449 g/mol. The van der Waals surface area contributed by atoms with Gasteiger partial charge in [-0.25, -0.2) is 14.2 Å². The van der Waals surface area contributed by atoms with E-state index in [1.54, 1.807) is 26.0 Å². The first-order valence-corrected chi connectivity index (χ1v) is 11.0. The lowest BCUT2D eigenvalue weighted by molar-refractivity contribution is -0.113. The molecule has 0 aliphatic rings. The normalized spacial score (nSPS) is 10.8. The smallest absolute Gasteiger partial charge is 0.350 e. The maximum atomic E-state index is 13.2. The number of aromatic nitrogens is 4. The molecule has 1 aromatic carbocycles. The Morgan fingerprint density at radius 3 is 2.63 bits per heavy atom. The highest BCUT2D eigenvalue weighted by atomic mass is 32.2. The average molecular weight is 450 g/mol. The fraction of sp³-hybridized carbons (Fsp3) is 0.316. The molecule has 1 N–H and O–H groups in total. The highest BCUT2D eigenvalue weighted by Crippen LogP contribution is 2.26. The number of halogens is 1. The van der Waals surface area contributed by atoms with E-state index in [0.29, 0.717) is 33.2 Å². The molecular formula is C19H20FN5O3S2. The topological polar surface area (TPSA) is 99.0 Å². The lowest BCUT2D eigenvalue weighted by Crippen LogP contribution is -2.14. The van der Waals surface area contributed by atoms with Gasteiger partial charge in [0.1, 0.15) is 10.7 Å². The molecule has 0 bridgehead atoms. The summed E-state index contributed by atoms with van der Waals surface area (Å²) in [6.45, 7) is 6.22. The Morgan fingerprint density at radius 1 is 1.23 bits per heavy atom. The van der Waals surface area contributed by atoms with Gasteiger partial charge >= 0.3 is 5.97 Å². The number of nitrogens with zero attached hydrogens (tertiary/aromatic N) is 4. The standard InChI is InChI=1S/C19H20FN5O3S2/c1-4-25-16(12-6-8-13(20)9-7-12)23-24-19(25)29-10-14(26)22-18-21-11(3)15(30-18)17(27)28-5-2/h6-9H,4-5,10H2,1-3H3,(H,21,22,26). The predicted octanol–water partition coefficient (Wildman–Crippen LogP) is 3.78. The van der Waals surface area contributed by atoms with Crippen LogP contribution in [0.1, 0.15) is 29.2 Å². The lowest BCUT2D eigenvalue weighted by atomic mass is 10.2. The quantitative estimate of drug-likeness (QED) is 0.413. The third-order valence-corrected chi connectivity index (χ3v) is 5.99. The van der Waals surface area contributed by atoms with E-state index in [0.717, 1.165) is 16.9 Å². The first-order valence-electron chi connectivity index (χ1n) is 9.19. The third-order valence-electron chi connectivity index (χ3n) is 3.97. The number of nitrogens with one attached hydrogen (secondary N) is 1. The van der Waals surface area contributed by atoms with Gasteiger partial charge in [0.25, 0.3) is 0 Å². The number of hydrogen-bond donors (Lipinski definition) is 1. The maximum absolute atomic E-state index is 13.2. The van der Waals surface area contributed by atoms with Crippen LogP contribution in [-0.4, -0.2) is 44.0 Å². The van der Waals surface area contributed by atoms with Crippen LogP contribution in [0.25, 0.3) is 11.4 Å². The van der Waals surface area contributed by atoms with E-state index in [-0.39, 0.29) is 24.1 Å². The van der Waals surface area contributed by atoms with Gasteiger partial charge < -0.3 is 14.6 Å². The van der Waals surface area contributed by atoms with E-state index in [1.165, 1.54) is 23.9 Å². The number of thioether (sulfide) groups is 1. The SMILES string of the molecule is CCOC(=O)c1sc(NC(=O)CSc2nnc(-c3ccc(F)cc3)n2CC)nc1C. The Bertz CT molecular complexity index is 1050. The zero-order chi connectivity index (χ0) is 21.7. The van der Waals surface area contributed by atoms with Crippen molar-refractivity contribution in [1.82, 2.24) is 19.7 Å². The Balaban J connectivity index is 1.65. The number of aryl methyl sites for hydroxylation is 1. The highest BCUT2D eigenvalue weighted by Gasteiger charge is 2.19. The van der Waals surface area contributed by atoms with E-state index in [2.05, 4.69) is 20.5 Å². The Labute approximate surface area is 180 Å². The Hall–Kier alpha value is -2.79. The molecule has 8 nitrogen and oxygen atoms in total. The van der Waals surface area contributed by atoms with Gasteiger partial charge in [0, 0.05) is 12.1 Å². The van der Waals surface area contributed by atoms with Crippen LogP contribution >= 0.6 is 23.1 Å². The van der Waals surface area contributed by atoms with Gasteiger partial charge in [-0.2, -0.15) is 0 Å². The number of amides is 1. The van der Waals surface area contributed by atoms with E-state index in [4.69, 9.17) is 4.74 Å². The van der Waals surface area contributed by atoms with Crippen LogP contribution in [0.2, 0.25) is 0 Å². The molecule has 0 saturated heterocycles. The minimum atomic E-state index is -0.452. The molecule has 30 heavy (non-hydrogen) atoms. The molecule has 158 valence electrons. The van der Waals surface area contributed by atoms with Crippen molar-refractivity contribution in [2.75, 3.05) is 17.7 Å². The fourth-order valence-corrected chi connectivity index (χ4v) is 4.29. The van der Waals surface area contributed by atoms with Gasteiger partial charge in [-0.15, -0.1) is 10.2 Å². The number of rotatable bonds is 8. The average Bonchev–Trinajstić information content (AvgIpc) is 3.30. The van der Waals surface area contributed by atoms with Crippen molar-refractivity contribution in [2.45, 2.75) is 32.5 Å². The van der Waals surface area contributed by atoms with Gasteiger partial charge in [-0.05, 0) is 45.0 Å². The lowest BCUT2D eigenvalue weighted by Gasteiger charge is -2.07. The van der Waals surface area contributed by atoms with Crippen molar-refractivity contribution in [2.24, 2.45) is 0 Å². The van der Waals surface area contributed by atoms with Crippen molar-refractivity contribution in [1.29, 1.82) is 0 Å². The van der Waals surface area contributed by atoms with Gasteiger partial charge in [0.05, 0.1) is 18.1 Å². The first kappa shape index (κ1) is 21.9. The number of esters is 1. The highest BCUT2D eigenvalue weighted by molar-refractivity contribution is 7.99. The zero-order valence-electron chi connectivity index (χ0n) is 16.6. The molecule has 0 fully saturated rings. The summed E-state index contributed by atoms with van der Waals surface area (Å²) in [7, 11) is 0. The number of carbonyl (C=O) groups is 2. The maximum Gasteiger partial charge on any atom is 0.350 e. The number of carbonyl (C=O) groups excluding carboxylic acids is 2. The van der Waals surface area contributed by atoms with Crippen LogP contribution in [-0.2, 0) is 16.1 Å². The summed E-state index contributed by atoms with van der Waals surface area (Å²) in [6, 6.07) is 6.01. The van der Waals surface area contributed by atoms with Gasteiger partial charge in [0.15, 0.2) is 16.1 Å². The first-order chi connectivity index (χ1) is 14.4. The van der Waals surface area contributed by atoms with Crippen LogP contribution in [0.4, 0.5) is 9.52 Å². The molecule has 11 heteroatoms. The Morgan fingerprint density at radius 2 is 1.97 bits per heavy atom. The molecule has 3 rings (SSSR count). The van der Waals surface area contributed by atoms with Crippen molar-refractivity contribution >= 4 is 40.1 Å². The molecule has 0 radical (unpaired) electrons. The molecule has 0 atom stereocenters. The molecule has 0 spiro atoms. The largest absolute Gasteiger partial charge is 0.462 e. The second-order valence-electron chi connectivity index (χ2n) is 6.05. The van der Waals surface area contributed by atoms with E-state index < -0.39 is 5.97 Å². The van der Waals surface area contributed by atoms with Crippen molar-refractivity contribution in [3.63, 3.8) is 0 Å². The summed E-state index contributed by atoms with van der Waals surface area (Å²) in [5, 5.41) is 11.9. The van der Waals surface area contributed by atoms with Gasteiger partial charge in [0.2, 0.25) is 5.91 Å². The molecule has 0 unspecified atom stereocenters. The third kappa shape index (κ3) is 5.03. The molecule has 1 amide bonds. The number of hydrogen-bond acceptors (Lipinski definition) is 8. The predicted molar refractivity (Wildman–Crippen MR) is 113 cm³/mol. The number of thiazole rings is 1. The second kappa shape index (κ2) is 9.81. The molecule has 2 aromatic heterocycles. The van der Waals surface area contributed by atoms with Gasteiger partial charge in [-0.3, -0.25) is 4.79 Å².